The third-order valence-electron chi connectivity index (χ3n) is 9.28. The lowest BCUT2D eigenvalue weighted by Crippen LogP contribution is -2.55. The van der Waals surface area contributed by atoms with E-state index < -0.39 is 11.0 Å². The number of anilines is 1. The summed E-state index contributed by atoms with van der Waals surface area (Å²) in [7, 11) is 4.09. The molecule has 4 nitrogen and oxygen atoms in total. The fourth-order valence-electron chi connectivity index (χ4n) is 7.55. The molecule has 4 aliphatic carbocycles. The molecular formula is C28H37NO3. The highest BCUT2D eigenvalue weighted by Crippen LogP contribution is 2.66. The van der Waals surface area contributed by atoms with E-state index >= 15 is 0 Å². The Morgan fingerprint density at radius 1 is 1.12 bits per heavy atom. The Balaban J connectivity index is 0.00000259. The van der Waals surface area contributed by atoms with Crippen LogP contribution in [0.1, 0.15) is 71.7 Å². The van der Waals surface area contributed by atoms with Crippen molar-refractivity contribution in [1.82, 2.24) is 0 Å². The van der Waals surface area contributed by atoms with E-state index in [1.165, 1.54) is 22.3 Å². The Kier molecular flexibility index (Phi) is 5.01. The van der Waals surface area contributed by atoms with Gasteiger partial charge in [-0.05, 0) is 92.2 Å². The summed E-state index contributed by atoms with van der Waals surface area (Å²) in [6.07, 6.45) is 7.53. The summed E-state index contributed by atoms with van der Waals surface area (Å²) in [5, 5.41) is 11.6. The first-order valence-electron chi connectivity index (χ1n) is 12.1. The Bertz CT molecular complexity index is 1040. The van der Waals surface area contributed by atoms with Gasteiger partial charge in [0.15, 0.2) is 11.6 Å². The number of aliphatic hydroxyl groups is 1. The number of Topliss-reactive ketones (excluding diaryl/α,β-unsaturated/α-hetero) is 1. The van der Waals surface area contributed by atoms with E-state index in [9.17, 15) is 14.7 Å². The summed E-state index contributed by atoms with van der Waals surface area (Å²) in [5.41, 5.74) is 4.91. The lowest BCUT2D eigenvalue weighted by Gasteiger charge is -2.54. The molecule has 0 saturated heterocycles. The number of ketones is 2. The molecule has 1 N–H and O–H groups in total. The molecular weight excluding hydrogens is 398 g/mol. The van der Waals surface area contributed by atoms with Crippen LogP contribution in [-0.2, 0) is 9.59 Å². The molecule has 172 valence electrons. The van der Waals surface area contributed by atoms with Crippen molar-refractivity contribution in [3.05, 3.63) is 52.6 Å². The maximum Gasteiger partial charge on any atom is 0.161 e. The van der Waals surface area contributed by atoms with E-state index in [1.54, 1.807) is 6.92 Å². The van der Waals surface area contributed by atoms with Crippen LogP contribution < -0.4 is 4.90 Å². The molecule has 4 aliphatic rings. The van der Waals surface area contributed by atoms with Crippen LogP contribution in [-0.4, -0.2) is 36.4 Å². The molecule has 0 radical (unpaired) electrons. The van der Waals surface area contributed by atoms with Gasteiger partial charge in [0, 0.05) is 39.0 Å². The molecule has 0 aromatic heterocycles. The van der Waals surface area contributed by atoms with Crippen molar-refractivity contribution < 1.29 is 16.1 Å². The van der Waals surface area contributed by atoms with Crippen molar-refractivity contribution in [2.45, 2.75) is 70.3 Å². The van der Waals surface area contributed by atoms with Gasteiger partial charge < -0.3 is 10.0 Å². The summed E-state index contributed by atoms with van der Waals surface area (Å²) < 4.78 is 0. The van der Waals surface area contributed by atoms with Crippen molar-refractivity contribution in [2.24, 2.45) is 17.3 Å². The molecule has 32 heavy (non-hydrogen) atoms. The van der Waals surface area contributed by atoms with E-state index in [2.05, 4.69) is 36.1 Å². The molecule has 4 heteroatoms. The van der Waals surface area contributed by atoms with E-state index in [0.29, 0.717) is 24.7 Å². The average Bonchev–Trinajstić information content (AvgIpc) is 3.04. The lowest BCUT2D eigenvalue weighted by atomic mass is 9.51. The Hall–Kier alpha value is -2.20. The smallest absolute Gasteiger partial charge is 0.161 e. The van der Waals surface area contributed by atoms with Crippen molar-refractivity contribution in [3.63, 3.8) is 0 Å². The van der Waals surface area contributed by atoms with Crippen LogP contribution in [0.15, 0.2) is 47.1 Å². The SMILES string of the molecule is CC(=O)[C@@]1(O)CC[C@H]2[C@@H]3CCC4=CC(=O)CCC4=C3[C@@H](c3ccc(N(C)C)cc3)C[C@@]21C.[HH]. The summed E-state index contributed by atoms with van der Waals surface area (Å²) >= 11 is 0. The maximum absolute atomic E-state index is 12.7. The van der Waals surface area contributed by atoms with Gasteiger partial charge in [0.05, 0.1) is 0 Å². The molecule has 5 atom stereocenters. The predicted octanol–water partition coefficient (Wildman–Crippen LogP) is 5.22. The van der Waals surface area contributed by atoms with Crippen molar-refractivity contribution in [1.29, 1.82) is 0 Å². The van der Waals surface area contributed by atoms with Crippen LogP contribution in [0.25, 0.3) is 0 Å². The number of carbonyl (C=O) groups is 2. The zero-order chi connectivity index (χ0) is 22.8. The van der Waals surface area contributed by atoms with Crippen LogP contribution in [0, 0.1) is 17.3 Å². The largest absolute Gasteiger partial charge is 0.382 e. The number of carbonyl (C=O) groups excluding carboxylic acids is 2. The van der Waals surface area contributed by atoms with Gasteiger partial charge in [0.25, 0.3) is 0 Å². The zero-order valence-corrected chi connectivity index (χ0v) is 19.8. The Morgan fingerprint density at radius 2 is 1.84 bits per heavy atom. The molecule has 2 saturated carbocycles. The zero-order valence-electron chi connectivity index (χ0n) is 19.8. The van der Waals surface area contributed by atoms with E-state index in [4.69, 9.17) is 0 Å². The fraction of sp³-hybridized carbons (Fsp3) is 0.571. The number of hydrogen-bond donors (Lipinski definition) is 1. The molecule has 0 spiro atoms. The monoisotopic (exact) mass is 435 g/mol. The molecule has 0 heterocycles. The quantitative estimate of drug-likeness (QED) is 0.707. The fourth-order valence-corrected chi connectivity index (χ4v) is 7.55. The number of nitrogens with zero attached hydrogens (tertiary/aromatic N) is 1. The first-order valence-corrected chi connectivity index (χ1v) is 12.1. The normalized spacial score (nSPS) is 36.2. The number of rotatable bonds is 3. The van der Waals surface area contributed by atoms with Gasteiger partial charge in [0.1, 0.15) is 5.60 Å². The second kappa shape index (κ2) is 7.41. The van der Waals surface area contributed by atoms with Gasteiger partial charge >= 0.3 is 0 Å². The summed E-state index contributed by atoms with van der Waals surface area (Å²) in [6.45, 7) is 3.74. The highest BCUT2D eigenvalue weighted by Gasteiger charge is 2.64. The summed E-state index contributed by atoms with van der Waals surface area (Å²) in [5.74, 6) is 1.03. The topological polar surface area (TPSA) is 57.6 Å². The molecule has 1 aromatic rings. The van der Waals surface area contributed by atoms with Gasteiger partial charge in [-0.25, -0.2) is 0 Å². The van der Waals surface area contributed by atoms with Crippen LogP contribution in [0.5, 0.6) is 0 Å². The summed E-state index contributed by atoms with van der Waals surface area (Å²) in [6, 6.07) is 8.78. The molecule has 0 bridgehead atoms. The standard InChI is InChI=1S/C28H35NO3.H2/c1-17(30)28(32)14-13-25-23-11-7-19-15-21(31)10-12-22(19)26(23)24(16-27(25,28)2)18-5-8-20(9-6-18)29(3)4;/h5-6,8-9,15,23-25,32H,7,10-14,16H2,1-4H3;1H/t23-,24+,25-,27-,28-;/m0./s1. The third-order valence-corrected chi connectivity index (χ3v) is 9.28. The summed E-state index contributed by atoms with van der Waals surface area (Å²) in [4.78, 5) is 27.0. The highest BCUT2D eigenvalue weighted by atomic mass is 16.3. The Labute approximate surface area is 192 Å². The van der Waals surface area contributed by atoms with Crippen molar-refractivity contribution in [2.75, 3.05) is 19.0 Å². The predicted molar refractivity (Wildman–Crippen MR) is 129 cm³/mol. The van der Waals surface area contributed by atoms with Gasteiger partial charge in [-0.3, -0.25) is 9.59 Å². The molecule has 0 aliphatic heterocycles. The first-order chi connectivity index (χ1) is 15.2. The minimum Gasteiger partial charge on any atom is -0.382 e. The minimum absolute atomic E-state index is 0. The Morgan fingerprint density at radius 3 is 2.50 bits per heavy atom. The molecule has 5 rings (SSSR count). The van der Waals surface area contributed by atoms with E-state index in [0.717, 1.165) is 37.8 Å². The molecule has 2 fully saturated rings. The van der Waals surface area contributed by atoms with E-state index in [1.807, 2.05) is 20.2 Å². The van der Waals surface area contributed by atoms with Crippen molar-refractivity contribution >= 4 is 17.3 Å². The highest BCUT2D eigenvalue weighted by molar-refractivity contribution is 5.93. The maximum atomic E-state index is 12.7. The first kappa shape index (κ1) is 21.6. The molecule has 0 unspecified atom stereocenters. The number of allylic oxidation sites excluding steroid dienone is 4. The van der Waals surface area contributed by atoms with Crippen LogP contribution >= 0.6 is 0 Å². The average molecular weight is 436 g/mol. The van der Waals surface area contributed by atoms with Crippen LogP contribution in [0.4, 0.5) is 5.69 Å². The second-order valence-electron chi connectivity index (χ2n) is 10.9. The van der Waals surface area contributed by atoms with Gasteiger partial charge in [-0.15, -0.1) is 0 Å². The van der Waals surface area contributed by atoms with Crippen LogP contribution in [0.3, 0.4) is 0 Å². The molecule has 1 aromatic carbocycles. The van der Waals surface area contributed by atoms with Gasteiger partial charge in [0.2, 0.25) is 0 Å². The van der Waals surface area contributed by atoms with E-state index in [-0.39, 0.29) is 18.9 Å². The number of fused-ring (bicyclic) bond motifs is 4. The lowest BCUT2D eigenvalue weighted by molar-refractivity contribution is -0.152. The van der Waals surface area contributed by atoms with Gasteiger partial charge in [-0.2, -0.15) is 0 Å². The number of benzene rings is 1. The third kappa shape index (κ3) is 2.98. The minimum atomic E-state index is -1.24. The van der Waals surface area contributed by atoms with Gasteiger partial charge in [-0.1, -0.05) is 24.6 Å². The van der Waals surface area contributed by atoms with Crippen molar-refractivity contribution in [3.8, 4) is 0 Å². The van der Waals surface area contributed by atoms with Crippen LogP contribution in [0.2, 0.25) is 0 Å². The number of hydrogen-bond acceptors (Lipinski definition) is 4. The second-order valence-corrected chi connectivity index (χ2v) is 10.9. The molecule has 0 amide bonds.